The number of aromatic amines is 1. The molecule has 2 rings (SSSR count). The van der Waals surface area contributed by atoms with E-state index in [9.17, 15) is 4.79 Å². The molecule has 2 aromatic heterocycles. The minimum Gasteiger partial charge on any atom is -0.293 e. The van der Waals surface area contributed by atoms with E-state index in [0.717, 1.165) is 24.2 Å². The first-order valence-electron chi connectivity index (χ1n) is 7.10. The molecule has 0 aromatic carbocycles. The van der Waals surface area contributed by atoms with Crippen molar-refractivity contribution in [1.29, 1.82) is 5.26 Å². The summed E-state index contributed by atoms with van der Waals surface area (Å²) >= 11 is 0. The van der Waals surface area contributed by atoms with Crippen LogP contribution in [-0.4, -0.2) is 14.6 Å². The summed E-state index contributed by atoms with van der Waals surface area (Å²) in [7, 11) is 0. The number of nitriles is 1. The summed E-state index contributed by atoms with van der Waals surface area (Å²) in [5, 5.41) is 11.8. The van der Waals surface area contributed by atoms with Crippen LogP contribution in [0.4, 0.5) is 0 Å². The van der Waals surface area contributed by atoms with Crippen molar-refractivity contribution < 1.29 is 0 Å². The van der Waals surface area contributed by atoms with Crippen molar-refractivity contribution >= 4 is 5.65 Å². The maximum absolute atomic E-state index is 12.5. The third-order valence-corrected chi connectivity index (χ3v) is 3.85. The smallest absolute Gasteiger partial charge is 0.276 e. The quantitative estimate of drug-likeness (QED) is 0.909. The van der Waals surface area contributed by atoms with Crippen LogP contribution < -0.4 is 5.56 Å². The molecule has 5 nitrogen and oxygen atoms in total. The van der Waals surface area contributed by atoms with E-state index in [1.165, 1.54) is 4.52 Å². The normalized spacial score (nSPS) is 11.2. The van der Waals surface area contributed by atoms with E-state index in [0.29, 0.717) is 30.0 Å². The molecule has 1 N–H and O–H groups in total. The van der Waals surface area contributed by atoms with Gasteiger partial charge >= 0.3 is 0 Å². The van der Waals surface area contributed by atoms with Crippen LogP contribution in [0.3, 0.4) is 0 Å². The van der Waals surface area contributed by atoms with Crippen LogP contribution >= 0.6 is 0 Å². The SMILES string of the molecule is CCC(CC)c1cc2nc(C)c(CCC#N)c(=O)n2[nH]1. The van der Waals surface area contributed by atoms with Gasteiger partial charge in [0.25, 0.3) is 5.56 Å². The van der Waals surface area contributed by atoms with E-state index in [4.69, 9.17) is 5.26 Å². The zero-order valence-corrected chi connectivity index (χ0v) is 12.2. The Hall–Kier alpha value is -2.09. The number of aromatic nitrogens is 3. The molecular weight excluding hydrogens is 252 g/mol. The van der Waals surface area contributed by atoms with Gasteiger partial charge in [-0.15, -0.1) is 0 Å². The van der Waals surface area contributed by atoms with E-state index in [2.05, 4.69) is 30.0 Å². The topological polar surface area (TPSA) is 73.9 Å². The van der Waals surface area contributed by atoms with Gasteiger partial charge in [-0.2, -0.15) is 5.26 Å². The van der Waals surface area contributed by atoms with Crippen molar-refractivity contribution in [1.82, 2.24) is 14.6 Å². The fraction of sp³-hybridized carbons (Fsp3) is 0.533. The Balaban J connectivity index is 2.55. The summed E-state index contributed by atoms with van der Waals surface area (Å²) in [5.41, 5.74) is 2.98. The van der Waals surface area contributed by atoms with Gasteiger partial charge in [-0.25, -0.2) is 9.50 Å². The second kappa shape index (κ2) is 5.91. The highest BCUT2D eigenvalue weighted by Gasteiger charge is 2.15. The molecule has 0 aliphatic rings. The van der Waals surface area contributed by atoms with E-state index in [1.54, 1.807) is 0 Å². The zero-order chi connectivity index (χ0) is 14.7. The first-order chi connectivity index (χ1) is 9.62. The number of hydrogen-bond donors (Lipinski definition) is 1. The molecule has 0 spiro atoms. The molecule has 5 heteroatoms. The average molecular weight is 272 g/mol. The largest absolute Gasteiger partial charge is 0.293 e. The number of nitrogens with zero attached hydrogens (tertiary/aromatic N) is 3. The van der Waals surface area contributed by atoms with E-state index in [1.807, 2.05) is 13.0 Å². The van der Waals surface area contributed by atoms with Gasteiger partial charge in [0.15, 0.2) is 5.65 Å². The maximum Gasteiger partial charge on any atom is 0.276 e. The van der Waals surface area contributed by atoms with Gasteiger partial charge in [0.2, 0.25) is 0 Å². The highest BCUT2D eigenvalue weighted by molar-refractivity contribution is 5.42. The molecule has 0 unspecified atom stereocenters. The van der Waals surface area contributed by atoms with Crippen LogP contribution in [0, 0.1) is 18.3 Å². The molecule has 0 aliphatic carbocycles. The highest BCUT2D eigenvalue weighted by Crippen LogP contribution is 2.22. The molecule has 106 valence electrons. The molecule has 0 fully saturated rings. The molecule has 0 amide bonds. The van der Waals surface area contributed by atoms with Crippen LogP contribution in [0.5, 0.6) is 0 Å². The first-order valence-corrected chi connectivity index (χ1v) is 7.10. The Kier molecular flexibility index (Phi) is 4.23. The molecule has 2 aromatic rings. The Morgan fingerprint density at radius 1 is 1.45 bits per heavy atom. The number of hydrogen-bond acceptors (Lipinski definition) is 3. The Morgan fingerprint density at radius 3 is 2.75 bits per heavy atom. The summed E-state index contributed by atoms with van der Waals surface area (Å²) in [4.78, 5) is 16.9. The summed E-state index contributed by atoms with van der Waals surface area (Å²) in [6, 6.07) is 4.03. The lowest BCUT2D eigenvalue weighted by atomic mass is 10.00. The third kappa shape index (κ3) is 2.46. The molecule has 0 atom stereocenters. The average Bonchev–Trinajstić information content (AvgIpc) is 2.84. The number of rotatable bonds is 5. The second-order valence-electron chi connectivity index (χ2n) is 5.06. The minimum absolute atomic E-state index is 0.0834. The van der Waals surface area contributed by atoms with Crippen LogP contribution in [0.1, 0.15) is 56.0 Å². The fourth-order valence-corrected chi connectivity index (χ4v) is 2.59. The van der Waals surface area contributed by atoms with Gasteiger partial charge in [0, 0.05) is 35.4 Å². The number of fused-ring (bicyclic) bond motifs is 1. The van der Waals surface area contributed by atoms with Crippen molar-refractivity contribution in [2.24, 2.45) is 0 Å². The van der Waals surface area contributed by atoms with E-state index < -0.39 is 0 Å². The fourth-order valence-electron chi connectivity index (χ4n) is 2.59. The molecule has 0 saturated heterocycles. The zero-order valence-electron chi connectivity index (χ0n) is 12.2. The first kappa shape index (κ1) is 14.3. The molecule has 0 aliphatic heterocycles. The molecule has 2 heterocycles. The lowest BCUT2D eigenvalue weighted by molar-refractivity contribution is 0.614. The molecular formula is C15H20N4O. The van der Waals surface area contributed by atoms with Crippen molar-refractivity contribution in [2.45, 2.75) is 52.4 Å². The van der Waals surface area contributed by atoms with Crippen molar-refractivity contribution in [3.63, 3.8) is 0 Å². The Morgan fingerprint density at radius 2 is 2.15 bits per heavy atom. The van der Waals surface area contributed by atoms with Crippen molar-refractivity contribution in [3.8, 4) is 6.07 Å². The van der Waals surface area contributed by atoms with Gasteiger partial charge in [0.1, 0.15) is 0 Å². The predicted octanol–water partition coefficient (Wildman–Crippen LogP) is 2.69. The maximum atomic E-state index is 12.5. The number of nitrogens with one attached hydrogen (secondary N) is 1. The van der Waals surface area contributed by atoms with Gasteiger partial charge in [-0.3, -0.25) is 9.89 Å². The lowest BCUT2D eigenvalue weighted by Gasteiger charge is -2.08. The molecule has 0 radical (unpaired) electrons. The van der Waals surface area contributed by atoms with Gasteiger partial charge in [0.05, 0.1) is 6.07 Å². The van der Waals surface area contributed by atoms with Crippen LogP contribution in [0.25, 0.3) is 5.65 Å². The summed E-state index contributed by atoms with van der Waals surface area (Å²) in [6.45, 7) is 6.11. The van der Waals surface area contributed by atoms with Crippen LogP contribution in [-0.2, 0) is 6.42 Å². The summed E-state index contributed by atoms with van der Waals surface area (Å²) < 4.78 is 1.51. The lowest BCUT2D eigenvalue weighted by Crippen LogP contribution is -2.22. The van der Waals surface area contributed by atoms with Gasteiger partial charge in [-0.1, -0.05) is 13.8 Å². The summed E-state index contributed by atoms with van der Waals surface area (Å²) in [6.07, 6.45) is 2.84. The predicted molar refractivity (Wildman–Crippen MR) is 77.8 cm³/mol. The van der Waals surface area contributed by atoms with E-state index in [-0.39, 0.29) is 5.56 Å². The number of H-pyrrole nitrogens is 1. The van der Waals surface area contributed by atoms with Crippen molar-refractivity contribution in [3.05, 3.63) is 33.4 Å². The molecule has 0 saturated carbocycles. The van der Waals surface area contributed by atoms with E-state index >= 15 is 0 Å². The van der Waals surface area contributed by atoms with Gasteiger partial charge in [-0.05, 0) is 26.2 Å². The Bertz CT molecular complexity index is 701. The second-order valence-corrected chi connectivity index (χ2v) is 5.06. The monoisotopic (exact) mass is 272 g/mol. The van der Waals surface area contributed by atoms with Crippen LogP contribution in [0.15, 0.2) is 10.9 Å². The highest BCUT2D eigenvalue weighted by atomic mass is 16.1. The molecule has 20 heavy (non-hydrogen) atoms. The third-order valence-electron chi connectivity index (χ3n) is 3.85. The van der Waals surface area contributed by atoms with Gasteiger partial charge < -0.3 is 0 Å². The molecule has 0 bridgehead atoms. The minimum atomic E-state index is -0.0834. The summed E-state index contributed by atoms with van der Waals surface area (Å²) in [5.74, 6) is 0.416. The standard InChI is InChI=1S/C15H20N4O/c1-4-11(5-2)13-9-14-17-10(3)12(7-6-8-16)15(20)19(14)18-13/h9,11,18H,4-7H2,1-3H3. The van der Waals surface area contributed by atoms with Crippen LogP contribution in [0.2, 0.25) is 0 Å². The number of aryl methyl sites for hydroxylation is 1. The van der Waals surface area contributed by atoms with Crippen molar-refractivity contribution in [2.75, 3.05) is 0 Å². The Labute approximate surface area is 118 Å².